The van der Waals surface area contributed by atoms with Gasteiger partial charge in [0, 0.05) is 0 Å². The molecule has 0 amide bonds. The van der Waals surface area contributed by atoms with E-state index in [4.69, 9.17) is 10.5 Å². The smallest absolute Gasteiger partial charge is 0.322 e. The van der Waals surface area contributed by atoms with Crippen molar-refractivity contribution in [2.45, 2.75) is 38.1 Å². The zero-order valence-electron chi connectivity index (χ0n) is 9.41. The van der Waals surface area contributed by atoms with E-state index in [1.165, 1.54) is 25.7 Å². The Hall–Kier alpha value is -0.220. The van der Waals surface area contributed by atoms with Crippen molar-refractivity contribution < 1.29 is 9.53 Å². The number of carbonyl (C=O) groups is 1. The van der Waals surface area contributed by atoms with Crippen LogP contribution < -0.4 is 5.73 Å². The molecule has 2 N–H and O–H groups in total. The van der Waals surface area contributed by atoms with Gasteiger partial charge in [-0.25, -0.2) is 0 Å². The molecule has 0 aliphatic heterocycles. The molecule has 1 saturated carbocycles. The largest absolute Gasteiger partial charge is 0.464 e. The third kappa shape index (κ3) is 4.89. The van der Waals surface area contributed by atoms with Crippen LogP contribution in [0.2, 0.25) is 0 Å². The molecule has 0 unspecified atom stereocenters. The van der Waals surface area contributed by atoms with E-state index >= 15 is 0 Å². The molecule has 15 heavy (non-hydrogen) atoms. The molecule has 0 bridgehead atoms. The Morgan fingerprint density at radius 2 is 2.20 bits per heavy atom. The average Bonchev–Trinajstić information content (AvgIpc) is 2.75. The number of ether oxygens (including phenoxy) is 1. The first kappa shape index (κ1) is 12.8. The van der Waals surface area contributed by atoms with Crippen LogP contribution in [0.5, 0.6) is 0 Å². The second-order valence-corrected chi connectivity index (χ2v) is 5.15. The van der Waals surface area contributed by atoms with Crippen molar-refractivity contribution in [3.05, 3.63) is 0 Å². The minimum Gasteiger partial charge on any atom is -0.464 e. The fourth-order valence-corrected chi connectivity index (χ4v) is 2.34. The van der Waals surface area contributed by atoms with Gasteiger partial charge in [0.15, 0.2) is 0 Å². The topological polar surface area (TPSA) is 52.3 Å². The van der Waals surface area contributed by atoms with E-state index in [-0.39, 0.29) is 5.97 Å². The van der Waals surface area contributed by atoms with Gasteiger partial charge >= 0.3 is 5.97 Å². The van der Waals surface area contributed by atoms with Crippen molar-refractivity contribution in [2.75, 3.05) is 18.6 Å². The van der Waals surface area contributed by atoms with E-state index in [2.05, 4.69) is 0 Å². The molecule has 0 heterocycles. The van der Waals surface area contributed by atoms with E-state index in [0.29, 0.717) is 18.9 Å². The van der Waals surface area contributed by atoms with Crippen LogP contribution in [0.3, 0.4) is 0 Å². The van der Waals surface area contributed by atoms with Crippen LogP contribution in [-0.2, 0) is 9.53 Å². The molecule has 1 rings (SSSR count). The molecule has 0 spiro atoms. The SMILES string of the molecule is CSCC[C@@H](N)C(=O)OCC1CCCC1. The van der Waals surface area contributed by atoms with Crippen molar-refractivity contribution in [3.63, 3.8) is 0 Å². The van der Waals surface area contributed by atoms with Crippen molar-refractivity contribution in [3.8, 4) is 0 Å². The van der Waals surface area contributed by atoms with Gasteiger partial charge in [-0.15, -0.1) is 0 Å². The summed E-state index contributed by atoms with van der Waals surface area (Å²) in [6.45, 7) is 0.575. The lowest BCUT2D eigenvalue weighted by molar-refractivity contribution is -0.146. The summed E-state index contributed by atoms with van der Waals surface area (Å²) in [6, 6.07) is -0.432. The normalized spacial score (nSPS) is 19.1. The van der Waals surface area contributed by atoms with Gasteiger partial charge in [0.2, 0.25) is 0 Å². The molecule has 1 aliphatic carbocycles. The Balaban J connectivity index is 2.11. The molecular formula is C11H21NO2S. The van der Waals surface area contributed by atoms with Gasteiger partial charge in [-0.3, -0.25) is 4.79 Å². The molecule has 1 atom stereocenters. The van der Waals surface area contributed by atoms with E-state index in [1.54, 1.807) is 11.8 Å². The van der Waals surface area contributed by atoms with E-state index in [9.17, 15) is 4.79 Å². The van der Waals surface area contributed by atoms with Crippen molar-refractivity contribution in [2.24, 2.45) is 11.7 Å². The highest BCUT2D eigenvalue weighted by Gasteiger charge is 2.19. The van der Waals surface area contributed by atoms with Gasteiger partial charge < -0.3 is 10.5 Å². The van der Waals surface area contributed by atoms with E-state index in [0.717, 1.165) is 5.75 Å². The Bertz CT molecular complexity index is 193. The summed E-state index contributed by atoms with van der Waals surface area (Å²) in [5, 5.41) is 0. The fourth-order valence-electron chi connectivity index (χ4n) is 1.85. The van der Waals surface area contributed by atoms with Crippen molar-refractivity contribution in [1.82, 2.24) is 0 Å². The lowest BCUT2D eigenvalue weighted by atomic mass is 10.1. The lowest BCUT2D eigenvalue weighted by Crippen LogP contribution is -2.33. The third-order valence-corrected chi connectivity index (χ3v) is 3.52. The summed E-state index contributed by atoms with van der Waals surface area (Å²) in [7, 11) is 0. The molecule has 1 aliphatic rings. The second kappa shape index (κ2) is 7.12. The fraction of sp³-hybridized carbons (Fsp3) is 0.909. The number of thioether (sulfide) groups is 1. The maximum atomic E-state index is 11.4. The molecule has 0 radical (unpaired) electrons. The van der Waals surface area contributed by atoms with Crippen LogP contribution in [-0.4, -0.2) is 30.6 Å². The van der Waals surface area contributed by atoms with Crippen LogP contribution in [0.4, 0.5) is 0 Å². The van der Waals surface area contributed by atoms with Crippen LogP contribution >= 0.6 is 11.8 Å². The van der Waals surface area contributed by atoms with Crippen LogP contribution in [0.15, 0.2) is 0 Å². The maximum absolute atomic E-state index is 11.4. The van der Waals surface area contributed by atoms with Gasteiger partial charge in [0.05, 0.1) is 6.61 Å². The maximum Gasteiger partial charge on any atom is 0.322 e. The summed E-state index contributed by atoms with van der Waals surface area (Å²) >= 11 is 1.70. The van der Waals surface area contributed by atoms with Gasteiger partial charge in [0.25, 0.3) is 0 Å². The quantitative estimate of drug-likeness (QED) is 0.708. The number of hydrogen-bond donors (Lipinski definition) is 1. The first-order chi connectivity index (χ1) is 7.24. The highest BCUT2D eigenvalue weighted by molar-refractivity contribution is 7.98. The number of rotatable bonds is 6. The molecule has 0 aromatic rings. The van der Waals surface area contributed by atoms with Gasteiger partial charge in [-0.2, -0.15) is 11.8 Å². The number of hydrogen-bond acceptors (Lipinski definition) is 4. The lowest BCUT2D eigenvalue weighted by Gasteiger charge is -2.13. The van der Waals surface area contributed by atoms with Gasteiger partial charge in [0.1, 0.15) is 6.04 Å². The summed E-state index contributed by atoms with van der Waals surface area (Å²) in [5.74, 6) is 1.28. The Morgan fingerprint density at radius 3 is 2.80 bits per heavy atom. The van der Waals surface area contributed by atoms with Crippen LogP contribution in [0, 0.1) is 5.92 Å². The minimum atomic E-state index is -0.432. The first-order valence-electron chi connectivity index (χ1n) is 5.65. The monoisotopic (exact) mass is 231 g/mol. The summed E-state index contributed by atoms with van der Waals surface area (Å²) in [4.78, 5) is 11.4. The molecule has 0 aromatic carbocycles. The molecule has 88 valence electrons. The van der Waals surface area contributed by atoms with Crippen molar-refractivity contribution >= 4 is 17.7 Å². The highest BCUT2D eigenvalue weighted by atomic mass is 32.2. The first-order valence-corrected chi connectivity index (χ1v) is 7.04. The Labute approximate surface area is 96.1 Å². The molecule has 4 heteroatoms. The van der Waals surface area contributed by atoms with E-state index in [1.807, 2.05) is 6.26 Å². The molecule has 0 aromatic heterocycles. The van der Waals surface area contributed by atoms with Gasteiger partial charge in [-0.1, -0.05) is 12.8 Å². The second-order valence-electron chi connectivity index (χ2n) is 4.17. The Kier molecular flexibility index (Phi) is 6.10. The summed E-state index contributed by atoms with van der Waals surface area (Å²) in [5.41, 5.74) is 5.70. The van der Waals surface area contributed by atoms with Crippen LogP contribution in [0.1, 0.15) is 32.1 Å². The van der Waals surface area contributed by atoms with Crippen molar-refractivity contribution in [1.29, 1.82) is 0 Å². The Morgan fingerprint density at radius 1 is 1.53 bits per heavy atom. The number of nitrogens with two attached hydrogens (primary N) is 1. The third-order valence-electron chi connectivity index (χ3n) is 2.87. The summed E-state index contributed by atoms with van der Waals surface area (Å²) < 4.78 is 5.21. The zero-order chi connectivity index (χ0) is 11.1. The molecule has 3 nitrogen and oxygen atoms in total. The summed E-state index contributed by atoms with van der Waals surface area (Å²) in [6.07, 6.45) is 7.68. The zero-order valence-corrected chi connectivity index (χ0v) is 10.2. The molecule has 0 saturated heterocycles. The number of carbonyl (C=O) groups excluding carboxylic acids is 1. The predicted octanol–water partition coefficient (Wildman–Crippen LogP) is 1.80. The number of esters is 1. The molecular weight excluding hydrogens is 210 g/mol. The van der Waals surface area contributed by atoms with E-state index < -0.39 is 6.04 Å². The molecule has 1 fully saturated rings. The predicted molar refractivity (Wildman–Crippen MR) is 63.9 cm³/mol. The highest BCUT2D eigenvalue weighted by Crippen LogP contribution is 2.24. The average molecular weight is 231 g/mol. The standard InChI is InChI=1S/C11H21NO2S/c1-15-7-6-10(12)11(13)14-8-9-4-2-3-5-9/h9-10H,2-8,12H2,1H3/t10-/m1/s1. The van der Waals surface area contributed by atoms with Gasteiger partial charge in [-0.05, 0) is 37.2 Å². The van der Waals surface area contributed by atoms with Crippen LogP contribution in [0.25, 0.3) is 0 Å². The minimum absolute atomic E-state index is 0.226.